The molecule has 0 radical (unpaired) electrons. The molecule has 2 aromatic heterocycles. The molecule has 0 amide bonds. The van der Waals surface area contributed by atoms with E-state index in [1.807, 2.05) is 0 Å². The van der Waals surface area contributed by atoms with E-state index in [9.17, 15) is 15.0 Å². The Morgan fingerprint density at radius 2 is 0.921 bits per heavy atom. The highest BCUT2D eigenvalue weighted by atomic mass is 35.5. The topological polar surface area (TPSA) is 102 Å². The van der Waals surface area contributed by atoms with E-state index in [0.717, 1.165) is 0 Å². The van der Waals surface area contributed by atoms with Gasteiger partial charge in [-0.1, -0.05) is 70.7 Å². The number of nitrogens with zero attached hydrogens (tertiary/aromatic N) is 2. The number of halogens is 4. The zero-order valence-corrected chi connectivity index (χ0v) is 23.0. The van der Waals surface area contributed by atoms with Gasteiger partial charge in [-0.25, -0.2) is 0 Å². The van der Waals surface area contributed by atoms with E-state index in [4.69, 9.17) is 55.9 Å². The van der Waals surface area contributed by atoms with E-state index in [-0.39, 0.29) is 42.3 Å². The van der Waals surface area contributed by atoms with Gasteiger partial charge >= 0.3 is 0 Å². The van der Waals surface area contributed by atoms with Crippen LogP contribution in [0.4, 0.5) is 0 Å². The summed E-state index contributed by atoms with van der Waals surface area (Å²) in [5.74, 6) is -0.243. The molecule has 4 rings (SSSR count). The molecule has 2 unspecified atom stereocenters. The van der Waals surface area contributed by atoms with Gasteiger partial charge in [0.15, 0.2) is 11.2 Å². The molecule has 196 valence electrons. The van der Waals surface area contributed by atoms with Gasteiger partial charge < -0.3 is 19.7 Å². The van der Waals surface area contributed by atoms with Gasteiger partial charge in [0.2, 0.25) is 5.78 Å². The number of benzene rings is 2. The van der Waals surface area contributed by atoms with E-state index in [1.54, 1.807) is 0 Å². The minimum atomic E-state index is -2.63. The summed E-state index contributed by atoms with van der Waals surface area (Å²) >= 11 is 25.9. The molecule has 2 atom stereocenters. The highest BCUT2D eigenvalue weighted by Crippen LogP contribution is 2.48. The summed E-state index contributed by atoms with van der Waals surface area (Å²) in [5.41, 5.74) is -5.58. The molecule has 0 aliphatic rings. The van der Waals surface area contributed by atoms with Gasteiger partial charge in [0, 0.05) is 35.9 Å². The van der Waals surface area contributed by atoms with Crippen molar-refractivity contribution in [1.29, 1.82) is 0 Å². The molecule has 0 aliphatic heterocycles. The van der Waals surface area contributed by atoms with E-state index in [2.05, 4.69) is 9.97 Å². The van der Waals surface area contributed by atoms with E-state index >= 15 is 0 Å². The molecular weight excluding hydrogens is 574 g/mol. The number of ketones is 1. The fourth-order valence-electron chi connectivity index (χ4n) is 4.22. The molecule has 2 aromatic carbocycles. The lowest BCUT2D eigenvalue weighted by Gasteiger charge is -2.38. The highest BCUT2D eigenvalue weighted by molar-refractivity contribution is 6.38. The van der Waals surface area contributed by atoms with Crippen LogP contribution in [0.3, 0.4) is 0 Å². The Labute approximate surface area is 238 Å². The number of methoxy groups -OCH3 is 2. The first-order valence-corrected chi connectivity index (χ1v) is 12.5. The standard InChI is InChI=1S/C27H20Cl4N2O5/c1-37-17-7-3-15(4-8-17)26(35,23-19(28)11-32-12-20(23)29)25(34)27(36,16-5-9-18(38-2)10-6-16)24-21(30)13-33-14-22(24)31/h3-14,35-36H,1-2H3. The maximum absolute atomic E-state index is 14.8. The van der Waals surface area contributed by atoms with Crippen molar-refractivity contribution in [3.8, 4) is 11.5 Å². The lowest BCUT2D eigenvalue weighted by atomic mass is 9.71. The largest absolute Gasteiger partial charge is 0.497 e. The molecule has 11 heteroatoms. The molecule has 7 nitrogen and oxygen atoms in total. The number of ether oxygens (including phenoxy) is 2. The van der Waals surface area contributed by atoms with Gasteiger partial charge in [0.25, 0.3) is 0 Å². The minimum absolute atomic E-state index is 0.0338. The van der Waals surface area contributed by atoms with Gasteiger partial charge in [-0.2, -0.15) is 0 Å². The number of aromatic nitrogens is 2. The van der Waals surface area contributed by atoms with Crippen molar-refractivity contribution < 1.29 is 24.5 Å². The van der Waals surface area contributed by atoms with Crippen LogP contribution in [0.25, 0.3) is 0 Å². The Morgan fingerprint density at radius 3 is 1.18 bits per heavy atom. The van der Waals surface area contributed by atoms with Crippen LogP contribution in [0.5, 0.6) is 11.5 Å². The van der Waals surface area contributed by atoms with Crippen LogP contribution >= 0.6 is 46.4 Å². The van der Waals surface area contributed by atoms with Crippen molar-refractivity contribution in [2.75, 3.05) is 14.2 Å². The number of hydrogen-bond donors (Lipinski definition) is 2. The molecule has 0 saturated heterocycles. The second kappa shape index (κ2) is 11.1. The minimum Gasteiger partial charge on any atom is -0.497 e. The molecule has 0 fully saturated rings. The molecule has 0 spiro atoms. The summed E-state index contributed by atoms with van der Waals surface area (Å²) < 4.78 is 10.4. The average molecular weight is 594 g/mol. The molecular formula is C27H20Cl4N2O5. The second-order valence-electron chi connectivity index (χ2n) is 8.16. The van der Waals surface area contributed by atoms with E-state index < -0.39 is 17.0 Å². The fraction of sp³-hybridized carbons (Fsp3) is 0.148. The van der Waals surface area contributed by atoms with Crippen LogP contribution in [0.2, 0.25) is 20.1 Å². The number of Topliss-reactive ketones (excluding diaryl/α,β-unsaturated/α-hetero) is 1. The Balaban J connectivity index is 2.10. The number of carbonyl (C=O) groups excluding carboxylic acids is 1. The first-order chi connectivity index (χ1) is 18.1. The van der Waals surface area contributed by atoms with Crippen LogP contribution in [0.15, 0.2) is 73.3 Å². The summed E-state index contributed by atoms with van der Waals surface area (Å²) in [4.78, 5) is 22.6. The summed E-state index contributed by atoms with van der Waals surface area (Å²) in [7, 11) is 2.94. The summed E-state index contributed by atoms with van der Waals surface area (Å²) in [5, 5.41) is 24.4. The molecule has 4 aromatic rings. The summed E-state index contributed by atoms with van der Waals surface area (Å²) in [6, 6.07) is 12.0. The number of aliphatic hydroxyl groups is 2. The Hall–Kier alpha value is -2.91. The molecule has 38 heavy (non-hydrogen) atoms. The number of carbonyl (C=O) groups is 1. The SMILES string of the molecule is COc1ccc(C(O)(C(=O)C(O)(c2ccc(OC)cc2)c2c(Cl)cncc2Cl)c2c(Cl)cncc2Cl)cc1. The van der Waals surface area contributed by atoms with Crippen LogP contribution in [-0.2, 0) is 16.0 Å². The normalized spacial score (nSPS) is 14.3. The average Bonchev–Trinajstić information content (AvgIpc) is 2.92. The first-order valence-electron chi connectivity index (χ1n) is 11.0. The highest BCUT2D eigenvalue weighted by Gasteiger charge is 2.55. The smallest absolute Gasteiger partial charge is 0.214 e. The third-order valence-corrected chi connectivity index (χ3v) is 7.25. The number of rotatable bonds is 8. The zero-order chi connectivity index (χ0) is 27.7. The van der Waals surface area contributed by atoms with Gasteiger partial charge in [0.1, 0.15) is 11.5 Å². The summed E-state index contributed by atoms with van der Waals surface area (Å²) in [6.45, 7) is 0. The lowest BCUT2D eigenvalue weighted by Crippen LogP contribution is -2.51. The van der Waals surface area contributed by atoms with Gasteiger partial charge in [0.05, 0.1) is 34.3 Å². The van der Waals surface area contributed by atoms with Crippen LogP contribution in [0, 0.1) is 0 Å². The number of pyridine rings is 2. The quantitative estimate of drug-likeness (QED) is 0.264. The first kappa shape index (κ1) is 28.1. The van der Waals surface area contributed by atoms with Crippen molar-refractivity contribution in [1.82, 2.24) is 9.97 Å². The summed E-state index contributed by atoms with van der Waals surface area (Å²) in [6.07, 6.45) is 4.90. The van der Waals surface area contributed by atoms with Crippen molar-refractivity contribution >= 4 is 52.2 Å². The Morgan fingerprint density at radius 1 is 0.632 bits per heavy atom. The van der Waals surface area contributed by atoms with Crippen LogP contribution in [-0.4, -0.2) is 40.2 Å². The van der Waals surface area contributed by atoms with Gasteiger partial charge in [-0.3, -0.25) is 14.8 Å². The Kier molecular flexibility index (Phi) is 8.18. The third-order valence-electron chi connectivity index (χ3n) is 6.10. The predicted molar refractivity (Wildman–Crippen MR) is 146 cm³/mol. The van der Waals surface area contributed by atoms with Crippen molar-refractivity contribution in [3.63, 3.8) is 0 Å². The Bertz CT molecular complexity index is 1330. The second-order valence-corrected chi connectivity index (χ2v) is 9.79. The maximum Gasteiger partial charge on any atom is 0.214 e. The monoisotopic (exact) mass is 592 g/mol. The predicted octanol–water partition coefficient (Wildman–Crippen LogP) is 5.85. The zero-order valence-electron chi connectivity index (χ0n) is 20.0. The van der Waals surface area contributed by atoms with Crippen molar-refractivity contribution in [2.45, 2.75) is 11.2 Å². The molecule has 2 heterocycles. The maximum atomic E-state index is 14.8. The van der Waals surface area contributed by atoms with Crippen molar-refractivity contribution in [2.24, 2.45) is 0 Å². The molecule has 0 bridgehead atoms. The van der Waals surface area contributed by atoms with Gasteiger partial charge in [-0.05, 0) is 35.4 Å². The van der Waals surface area contributed by atoms with Crippen LogP contribution in [0.1, 0.15) is 22.3 Å². The molecule has 0 saturated carbocycles. The lowest BCUT2D eigenvalue weighted by molar-refractivity contribution is -0.151. The van der Waals surface area contributed by atoms with E-state index in [1.165, 1.54) is 87.5 Å². The van der Waals surface area contributed by atoms with Gasteiger partial charge in [-0.15, -0.1) is 0 Å². The van der Waals surface area contributed by atoms with E-state index in [0.29, 0.717) is 11.5 Å². The van der Waals surface area contributed by atoms with Crippen LogP contribution < -0.4 is 9.47 Å². The number of hydrogen-bond acceptors (Lipinski definition) is 7. The fourth-order valence-corrected chi connectivity index (χ4v) is 5.49. The molecule has 0 aliphatic carbocycles. The van der Waals surface area contributed by atoms with Crippen molar-refractivity contribution in [3.05, 3.63) is 116 Å². The third kappa shape index (κ3) is 4.71. The molecule has 2 N–H and O–H groups in total.